The van der Waals surface area contributed by atoms with Crippen LogP contribution in [0.25, 0.3) is 10.9 Å². The fraction of sp³-hybridized carbons (Fsp3) is 0.321. The molecule has 0 spiro atoms. The molecule has 2 aromatic carbocycles. The largest absolute Gasteiger partial charge is 0.481 e. The molecule has 9 N–H and O–H groups in total. The topological polar surface area (TPSA) is 224 Å². The van der Waals surface area contributed by atoms with Crippen molar-refractivity contribution in [2.24, 2.45) is 5.73 Å². The quantitative estimate of drug-likeness (QED) is 0.128. The minimum atomic E-state index is -1.79. The van der Waals surface area contributed by atoms with E-state index in [-0.39, 0.29) is 12.8 Å². The molecule has 3 aromatic rings. The summed E-state index contributed by atoms with van der Waals surface area (Å²) < 4.78 is 0. The van der Waals surface area contributed by atoms with Crippen molar-refractivity contribution in [2.45, 2.75) is 56.5 Å². The Hall–Kier alpha value is -4.75. The summed E-state index contributed by atoms with van der Waals surface area (Å²) in [5.41, 5.74) is 8.57. The van der Waals surface area contributed by atoms with Crippen LogP contribution in [0.5, 0.6) is 0 Å². The van der Waals surface area contributed by atoms with Crippen LogP contribution in [0, 0.1) is 0 Å². The summed E-state index contributed by atoms with van der Waals surface area (Å²) in [4.78, 5) is 64.7. The number of rotatable bonds is 14. The maximum absolute atomic E-state index is 13.3. The molecule has 0 aliphatic heterocycles. The van der Waals surface area contributed by atoms with Crippen LogP contribution in [-0.4, -0.2) is 80.2 Å². The number of aromatic amines is 1. The first kappa shape index (κ1) is 30.8. The van der Waals surface area contributed by atoms with Crippen molar-refractivity contribution in [3.63, 3.8) is 0 Å². The van der Waals surface area contributed by atoms with Crippen LogP contribution in [0.2, 0.25) is 0 Å². The second-order valence-electron chi connectivity index (χ2n) is 9.65. The van der Waals surface area contributed by atoms with E-state index in [2.05, 4.69) is 15.6 Å². The van der Waals surface area contributed by atoms with Crippen LogP contribution in [-0.2, 0) is 36.8 Å². The average molecular weight is 568 g/mol. The first-order chi connectivity index (χ1) is 19.5. The molecule has 0 aliphatic rings. The molecule has 5 atom stereocenters. The Labute approximate surface area is 235 Å². The van der Waals surface area contributed by atoms with Crippen LogP contribution >= 0.6 is 0 Å². The lowest BCUT2D eigenvalue weighted by Crippen LogP contribution is -2.60. The van der Waals surface area contributed by atoms with Gasteiger partial charge in [0.15, 0.2) is 0 Å². The van der Waals surface area contributed by atoms with Gasteiger partial charge in [0.2, 0.25) is 17.7 Å². The zero-order valence-corrected chi connectivity index (χ0v) is 22.2. The van der Waals surface area contributed by atoms with Gasteiger partial charge in [-0.15, -0.1) is 0 Å². The number of hydrogen-bond donors (Lipinski definition) is 8. The minimum Gasteiger partial charge on any atom is -0.481 e. The SMILES string of the molecule is CC(O)C(NC(=O)C(Cc1ccccc1)NC(=O)C(N)Cc1c[nH]c2ccccc12)C(=O)NC(CC(=O)O)C(=O)O. The monoisotopic (exact) mass is 567 g/mol. The molecule has 0 saturated carbocycles. The van der Waals surface area contributed by atoms with Gasteiger partial charge in [0.1, 0.15) is 18.1 Å². The molecular formula is C28H33N5O8. The Bertz CT molecular complexity index is 1390. The fourth-order valence-corrected chi connectivity index (χ4v) is 4.26. The maximum atomic E-state index is 13.3. The fourth-order valence-electron chi connectivity index (χ4n) is 4.26. The molecule has 3 rings (SSSR count). The number of fused-ring (bicyclic) bond motifs is 1. The van der Waals surface area contributed by atoms with Crippen molar-refractivity contribution in [3.05, 3.63) is 71.9 Å². The van der Waals surface area contributed by atoms with Crippen molar-refractivity contribution >= 4 is 40.6 Å². The van der Waals surface area contributed by atoms with E-state index < -0.39 is 66.4 Å². The highest BCUT2D eigenvalue weighted by Gasteiger charge is 2.33. The Balaban J connectivity index is 1.76. The summed E-state index contributed by atoms with van der Waals surface area (Å²) in [7, 11) is 0. The minimum absolute atomic E-state index is 0.0170. The number of aliphatic hydroxyl groups is 1. The molecular weight excluding hydrogens is 534 g/mol. The molecule has 1 aromatic heterocycles. The van der Waals surface area contributed by atoms with E-state index in [1.165, 1.54) is 6.92 Å². The number of hydrogen-bond acceptors (Lipinski definition) is 7. The smallest absolute Gasteiger partial charge is 0.326 e. The first-order valence-electron chi connectivity index (χ1n) is 12.8. The molecule has 0 saturated heterocycles. The Morgan fingerprint density at radius 3 is 2.10 bits per heavy atom. The number of nitrogens with two attached hydrogens (primary N) is 1. The molecule has 0 bridgehead atoms. The van der Waals surface area contributed by atoms with Crippen molar-refractivity contribution < 1.29 is 39.3 Å². The predicted molar refractivity (Wildman–Crippen MR) is 147 cm³/mol. The summed E-state index contributed by atoms with van der Waals surface area (Å²) in [6, 6.07) is 10.6. The van der Waals surface area contributed by atoms with Gasteiger partial charge in [-0.05, 0) is 30.5 Å². The van der Waals surface area contributed by atoms with Gasteiger partial charge in [0, 0.05) is 23.5 Å². The normalized spacial score (nSPS) is 14.7. The number of aliphatic carboxylic acids is 2. The first-order valence-corrected chi connectivity index (χ1v) is 12.8. The van der Waals surface area contributed by atoms with Gasteiger partial charge in [0.05, 0.1) is 18.6 Å². The van der Waals surface area contributed by atoms with Crippen LogP contribution < -0.4 is 21.7 Å². The van der Waals surface area contributed by atoms with E-state index in [1.807, 2.05) is 29.6 Å². The van der Waals surface area contributed by atoms with Gasteiger partial charge in [-0.2, -0.15) is 0 Å². The van der Waals surface area contributed by atoms with Crippen LogP contribution in [0.4, 0.5) is 0 Å². The standard InChI is InChI=1S/C28H33N5O8/c1-15(34)24(27(39)32-22(28(40)41)13-23(35)36)33-26(38)21(11-16-7-3-2-4-8-16)31-25(37)19(29)12-17-14-30-20-10-6-5-9-18(17)20/h2-10,14-15,19,21-22,24,30,34H,11-13,29H2,1H3,(H,31,37)(H,32,39)(H,33,38)(H,35,36)(H,40,41). The van der Waals surface area contributed by atoms with Gasteiger partial charge in [-0.3, -0.25) is 19.2 Å². The molecule has 5 unspecified atom stereocenters. The lowest BCUT2D eigenvalue weighted by atomic mass is 10.0. The number of benzene rings is 2. The van der Waals surface area contributed by atoms with E-state index >= 15 is 0 Å². The van der Waals surface area contributed by atoms with Crippen molar-refractivity contribution in [3.8, 4) is 0 Å². The summed E-state index contributed by atoms with van der Waals surface area (Å²) in [6.45, 7) is 1.19. The van der Waals surface area contributed by atoms with Gasteiger partial charge in [-0.25, -0.2) is 4.79 Å². The second kappa shape index (κ2) is 14.1. The Morgan fingerprint density at radius 1 is 0.829 bits per heavy atom. The number of aliphatic hydroxyl groups excluding tert-OH is 1. The van der Waals surface area contributed by atoms with E-state index in [1.54, 1.807) is 36.5 Å². The van der Waals surface area contributed by atoms with Gasteiger partial charge >= 0.3 is 11.9 Å². The summed E-state index contributed by atoms with van der Waals surface area (Å²) in [6.07, 6.45) is -0.456. The average Bonchev–Trinajstić information content (AvgIpc) is 3.33. The number of para-hydroxylation sites is 1. The third-order valence-corrected chi connectivity index (χ3v) is 6.42. The van der Waals surface area contributed by atoms with Gasteiger partial charge in [-0.1, -0.05) is 48.5 Å². The molecule has 1 heterocycles. The predicted octanol–water partition coefficient (Wildman–Crippen LogP) is -0.325. The number of aromatic nitrogens is 1. The van der Waals surface area contributed by atoms with E-state index in [0.717, 1.165) is 16.5 Å². The Kier molecular flexibility index (Phi) is 10.6. The van der Waals surface area contributed by atoms with Crippen LogP contribution in [0.15, 0.2) is 60.8 Å². The molecule has 13 nitrogen and oxygen atoms in total. The number of H-pyrrole nitrogens is 1. The summed E-state index contributed by atoms with van der Waals surface area (Å²) >= 11 is 0. The van der Waals surface area contributed by atoms with Gasteiger partial charge < -0.3 is 42.0 Å². The van der Waals surface area contributed by atoms with Crippen LogP contribution in [0.3, 0.4) is 0 Å². The number of nitrogens with one attached hydrogen (secondary N) is 4. The van der Waals surface area contributed by atoms with Crippen molar-refractivity contribution in [1.29, 1.82) is 0 Å². The second-order valence-corrected chi connectivity index (χ2v) is 9.65. The maximum Gasteiger partial charge on any atom is 0.326 e. The van der Waals surface area contributed by atoms with E-state index in [4.69, 9.17) is 10.8 Å². The number of amides is 3. The number of carbonyl (C=O) groups is 5. The number of carboxylic acids is 2. The lowest BCUT2D eigenvalue weighted by molar-refractivity contribution is -0.148. The Morgan fingerprint density at radius 2 is 1.46 bits per heavy atom. The molecule has 0 aliphatic carbocycles. The third-order valence-electron chi connectivity index (χ3n) is 6.42. The molecule has 41 heavy (non-hydrogen) atoms. The van der Waals surface area contributed by atoms with Gasteiger partial charge in [0.25, 0.3) is 0 Å². The highest BCUT2D eigenvalue weighted by molar-refractivity contribution is 5.95. The van der Waals surface area contributed by atoms with E-state index in [0.29, 0.717) is 5.56 Å². The molecule has 218 valence electrons. The summed E-state index contributed by atoms with van der Waals surface area (Å²) in [5, 5.41) is 36.2. The zero-order valence-electron chi connectivity index (χ0n) is 22.2. The van der Waals surface area contributed by atoms with E-state index in [9.17, 15) is 34.2 Å². The van der Waals surface area contributed by atoms with Crippen LogP contribution in [0.1, 0.15) is 24.5 Å². The molecule has 3 amide bonds. The molecule has 13 heteroatoms. The molecule has 0 fully saturated rings. The summed E-state index contributed by atoms with van der Waals surface area (Å²) in [5.74, 6) is -5.65. The highest BCUT2D eigenvalue weighted by Crippen LogP contribution is 2.19. The van der Waals surface area contributed by atoms with Crippen molar-refractivity contribution in [2.75, 3.05) is 0 Å². The number of carbonyl (C=O) groups excluding carboxylic acids is 3. The zero-order chi connectivity index (χ0) is 30.1. The number of carboxylic acid groups (broad SMARTS) is 2. The third kappa shape index (κ3) is 8.62. The molecule has 0 radical (unpaired) electrons. The highest BCUT2D eigenvalue weighted by atomic mass is 16.4. The lowest BCUT2D eigenvalue weighted by Gasteiger charge is -2.26. The van der Waals surface area contributed by atoms with Crippen molar-refractivity contribution in [1.82, 2.24) is 20.9 Å².